The van der Waals surface area contributed by atoms with E-state index in [-0.39, 0.29) is 0 Å². The molecule has 4 saturated heterocycles. The Hall–Kier alpha value is -0.160. The van der Waals surface area contributed by atoms with Crippen molar-refractivity contribution in [3.8, 4) is 0 Å². The van der Waals surface area contributed by atoms with Gasteiger partial charge in [0.15, 0.2) is 0 Å². The summed E-state index contributed by atoms with van der Waals surface area (Å²) in [5.74, 6) is 0. The van der Waals surface area contributed by atoms with Gasteiger partial charge in [0.1, 0.15) is 0 Å². The van der Waals surface area contributed by atoms with E-state index in [2.05, 4.69) is 61.1 Å². The quantitative estimate of drug-likeness (QED) is 0.692. The van der Waals surface area contributed by atoms with E-state index < -0.39 is 0 Å². The molecule has 0 saturated carbocycles. The van der Waals surface area contributed by atoms with Crippen LogP contribution in [0.3, 0.4) is 0 Å². The largest absolute Gasteiger partial charge is 0.300 e. The van der Waals surface area contributed by atoms with Gasteiger partial charge in [0.25, 0.3) is 0 Å². The maximum absolute atomic E-state index is 2.85. The highest BCUT2D eigenvalue weighted by Crippen LogP contribution is 2.43. The van der Waals surface area contributed by atoms with Gasteiger partial charge in [-0.05, 0) is 112 Å². The first kappa shape index (κ1) is 22.0. The predicted molar refractivity (Wildman–Crippen MR) is 124 cm³/mol. The minimum Gasteiger partial charge on any atom is -0.300 e. The molecule has 0 unspecified atom stereocenters. The molecule has 4 aliphatic heterocycles. The predicted octanol–water partition coefficient (Wildman–Crippen LogP) is 3.91. The Balaban J connectivity index is 1.18. The minimum absolute atomic E-state index is 0.342. The van der Waals surface area contributed by atoms with Crippen molar-refractivity contribution in [2.45, 2.75) is 103 Å². The second-order valence-corrected chi connectivity index (χ2v) is 12.7. The summed E-state index contributed by atoms with van der Waals surface area (Å²) in [7, 11) is 0. The van der Waals surface area contributed by atoms with E-state index in [1.807, 2.05) is 0 Å². The van der Waals surface area contributed by atoms with Gasteiger partial charge in [0.2, 0.25) is 0 Å². The number of nitrogens with zero attached hydrogens (tertiary/aromatic N) is 4. The molecule has 4 rings (SSSR count). The topological polar surface area (TPSA) is 13.0 Å². The maximum Gasteiger partial charge on any atom is 0.0125 e. The van der Waals surface area contributed by atoms with Crippen molar-refractivity contribution < 1.29 is 0 Å². The monoisotopic (exact) mass is 404 g/mol. The third-order valence-corrected chi connectivity index (χ3v) is 8.79. The molecule has 0 N–H and O–H groups in total. The van der Waals surface area contributed by atoms with E-state index in [0.29, 0.717) is 16.5 Å². The van der Waals surface area contributed by atoms with E-state index in [1.165, 1.54) is 90.9 Å². The second kappa shape index (κ2) is 8.07. The first-order valence-electron chi connectivity index (χ1n) is 12.5. The zero-order valence-electron chi connectivity index (χ0n) is 20.3. The molecule has 0 aromatic rings. The Morgan fingerprint density at radius 1 is 0.552 bits per heavy atom. The van der Waals surface area contributed by atoms with Crippen molar-refractivity contribution in [1.29, 1.82) is 0 Å². The summed E-state index contributed by atoms with van der Waals surface area (Å²) in [6.07, 6.45) is 8.41. The smallest absolute Gasteiger partial charge is 0.0125 e. The Bertz CT molecular complexity index is 528. The molecule has 168 valence electrons. The molecule has 4 fully saturated rings. The number of hydrogen-bond acceptors (Lipinski definition) is 4. The summed E-state index contributed by atoms with van der Waals surface area (Å²) >= 11 is 0. The number of hydrogen-bond donors (Lipinski definition) is 0. The van der Waals surface area contributed by atoms with Crippen LogP contribution in [0, 0.1) is 5.41 Å². The average molecular weight is 405 g/mol. The van der Waals surface area contributed by atoms with Crippen molar-refractivity contribution in [1.82, 2.24) is 19.6 Å². The van der Waals surface area contributed by atoms with Crippen molar-refractivity contribution in [3.05, 3.63) is 0 Å². The Morgan fingerprint density at radius 3 is 1.45 bits per heavy atom. The Kier molecular flexibility index (Phi) is 6.14. The molecule has 0 bridgehead atoms. The van der Waals surface area contributed by atoms with Gasteiger partial charge >= 0.3 is 0 Å². The van der Waals surface area contributed by atoms with Gasteiger partial charge < -0.3 is 4.90 Å². The summed E-state index contributed by atoms with van der Waals surface area (Å²) in [5, 5.41) is 0. The van der Waals surface area contributed by atoms with Gasteiger partial charge in [0, 0.05) is 49.3 Å². The molecule has 0 aliphatic carbocycles. The van der Waals surface area contributed by atoms with Crippen LogP contribution in [0.2, 0.25) is 0 Å². The molecule has 4 heteroatoms. The van der Waals surface area contributed by atoms with Crippen LogP contribution in [0.25, 0.3) is 0 Å². The fraction of sp³-hybridized carbons (Fsp3) is 1.00. The lowest BCUT2D eigenvalue weighted by molar-refractivity contribution is -0.0925. The average Bonchev–Trinajstić information content (AvgIpc) is 2.65. The summed E-state index contributed by atoms with van der Waals surface area (Å²) in [6.45, 7) is 24.9. The molecule has 0 aromatic carbocycles. The molecular formula is C25H48N4. The Labute approximate surface area is 181 Å². The molecule has 0 amide bonds. The van der Waals surface area contributed by atoms with Crippen molar-refractivity contribution >= 4 is 0 Å². The van der Waals surface area contributed by atoms with Gasteiger partial charge in [-0.1, -0.05) is 0 Å². The van der Waals surface area contributed by atoms with Gasteiger partial charge in [-0.3, -0.25) is 14.7 Å². The molecule has 1 spiro atoms. The van der Waals surface area contributed by atoms with Crippen LogP contribution in [0.15, 0.2) is 0 Å². The number of likely N-dealkylation sites (tertiary alicyclic amines) is 4. The van der Waals surface area contributed by atoms with E-state index in [4.69, 9.17) is 0 Å². The highest BCUT2D eigenvalue weighted by atomic mass is 15.3. The molecule has 4 nitrogen and oxygen atoms in total. The van der Waals surface area contributed by atoms with Gasteiger partial charge in [0.05, 0.1) is 0 Å². The maximum atomic E-state index is 2.85. The molecule has 29 heavy (non-hydrogen) atoms. The van der Waals surface area contributed by atoms with Crippen LogP contribution in [0.5, 0.6) is 0 Å². The van der Waals surface area contributed by atoms with Crippen molar-refractivity contribution in [3.63, 3.8) is 0 Å². The van der Waals surface area contributed by atoms with Crippen LogP contribution in [0.1, 0.15) is 80.1 Å². The number of piperidine rings is 3. The molecule has 0 radical (unpaired) electrons. The normalized spacial score (nSPS) is 30.0. The molecule has 0 aromatic heterocycles. The van der Waals surface area contributed by atoms with Crippen LogP contribution in [-0.2, 0) is 0 Å². The lowest BCUT2D eigenvalue weighted by atomic mass is 9.70. The van der Waals surface area contributed by atoms with Crippen LogP contribution >= 0.6 is 0 Å². The third-order valence-electron chi connectivity index (χ3n) is 8.79. The summed E-state index contributed by atoms with van der Waals surface area (Å²) in [6, 6.07) is 1.71. The van der Waals surface area contributed by atoms with E-state index in [1.54, 1.807) is 0 Å². The van der Waals surface area contributed by atoms with Crippen LogP contribution < -0.4 is 0 Å². The first-order chi connectivity index (χ1) is 13.6. The number of rotatable bonds is 2. The lowest BCUT2D eigenvalue weighted by Crippen LogP contribution is -2.65. The van der Waals surface area contributed by atoms with Gasteiger partial charge in [-0.2, -0.15) is 0 Å². The van der Waals surface area contributed by atoms with E-state index in [9.17, 15) is 0 Å². The minimum atomic E-state index is 0.342. The Morgan fingerprint density at radius 2 is 0.966 bits per heavy atom. The van der Waals surface area contributed by atoms with Crippen LogP contribution in [0.4, 0.5) is 0 Å². The van der Waals surface area contributed by atoms with E-state index in [0.717, 1.165) is 12.1 Å². The van der Waals surface area contributed by atoms with Crippen LogP contribution in [-0.4, -0.2) is 95.1 Å². The second-order valence-electron chi connectivity index (χ2n) is 12.7. The molecule has 0 atom stereocenters. The lowest BCUT2D eigenvalue weighted by Gasteiger charge is -2.59. The van der Waals surface area contributed by atoms with E-state index >= 15 is 0 Å². The molecular weight excluding hydrogens is 356 g/mol. The zero-order chi connectivity index (χ0) is 20.9. The zero-order valence-corrected chi connectivity index (χ0v) is 20.3. The summed E-state index contributed by atoms with van der Waals surface area (Å²) in [4.78, 5) is 11.1. The van der Waals surface area contributed by atoms with Gasteiger partial charge in [-0.15, -0.1) is 0 Å². The third kappa shape index (κ3) is 4.86. The highest BCUT2D eigenvalue weighted by Gasteiger charge is 2.48. The summed E-state index contributed by atoms with van der Waals surface area (Å²) < 4.78 is 0. The van der Waals surface area contributed by atoms with Crippen molar-refractivity contribution in [2.24, 2.45) is 5.41 Å². The van der Waals surface area contributed by atoms with Crippen molar-refractivity contribution in [2.75, 3.05) is 52.4 Å². The highest BCUT2D eigenvalue weighted by molar-refractivity contribution is 5.02. The molecule has 4 heterocycles. The fourth-order valence-corrected chi connectivity index (χ4v) is 6.56. The SMILES string of the molecule is CC(C)(C)N1CCC(N2CCC(N3CC4(CCN(C(C)(C)C)CC4)C3)CC2)CC1. The van der Waals surface area contributed by atoms with Gasteiger partial charge in [-0.25, -0.2) is 0 Å². The summed E-state index contributed by atoms with van der Waals surface area (Å²) in [5.41, 5.74) is 1.36. The standard InChI is InChI=1S/C25H48N4/c1-23(2,3)28-15-9-21(10-16-28)26-13-7-22(8-14-26)27-19-25(20-27)11-17-29(18-12-25)24(4,5)6/h21-22H,7-20H2,1-6H3. The first-order valence-corrected chi connectivity index (χ1v) is 12.5. The fourth-order valence-electron chi connectivity index (χ4n) is 6.56. The molecule has 4 aliphatic rings.